The molecule has 3 N–H and O–H groups in total. The molecule has 0 bridgehead atoms. The van der Waals surface area contributed by atoms with Gasteiger partial charge in [0.25, 0.3) is 5.91 Å². The van der Waals surface area contributed by atoms with Crippen molar-refractivity contribution < 1.29 is 33.5 Å². The first kappa shape index (κ1) is 22.7. The normalized spacial score (nSPS) is 18.2. The van der Waals surface area contributed by atoms with Crippen LogP contribution in [0.3, 0.4) is 0 Å². The highest BCUT2D eigenvalue weighted by atomic mass is 16.5. The van der Waals surface area contributed by atoms with E-state index in [1.807, 2.05) is 36.4 Å². The Balaban J connectivity index is 1.54. The van der Waals surface area contributed by atoms with Crippen LogP contribution in [-0.2, 0) is 11.3 Å². The van der Waals surface area contributed by atoms with Crippen molar-refractivity contribution in [1.82, 2.24) is 0 Å². The molecule has 0 spiro atoms. The number of ether oxygens (including phenoxy) is 4. The maximum absolute atomic E-state index is 12.5. The topological polar surface area (TPSA) is 74.9 Å². The summed E-state index contributed by atoms with van der Waals surface area (Å²) in [6, 6.07) is 11.4. The van der Waals surface area contributed by atoms with Gasteiger partial charge in [-0.2, -0.15) is 0 Å². The van der Waals surface area contributed by atoms with Crippen LogP contribution in [0.25, 0.3) is 0 Å². The number of rotatable bonds is 9. The maximum atomic E-state index is 12.5. The van der Waals surface area contributed by atoms with Gasteiger partial charge in [-0.1, -0.05) is 12.1 Å². The van der Waals surface area contributed by atoms with Crippen molar-refractivity contribution in [3.63, 3.8) is 0 Å². The van der Waals surface area contributed by atoms with Crippen molar-refractivity contribution in [2.24, 2.45) is 0 Å². The van der Waals surface area contributed by atoms with Crippen LogP contribution < -0.4 is 34.1 Å². The number of anilines is 1. The van der Waals surface area contributed by atoms with Crippen LogP contribution in [0, 0.1) is 0 Å². The number of piperazine rings is 1. The standard InChI is InChI=1S/C23H31N3O5/c1-28-19-8-6-5-7-18(19)24-21(27)16-26-13-11-25(12-14-26)15-17-9-10-20(29-2)23(31-4)22(17)30-3/h5-10H,11-16H2,1-4H3,(H,24,27)/p+2. The molecule has 1 aliphatic heterocycles. The van der Waals surface area contributed by atoms with Crippen LogP contribution in [0.2, 0.25) is 0 Å². The highest BCUT2D eigenvalue weighted by Crippen LogP contribution is 2.39. The molecule has 1 amide bonds. The third kappa shape index (κ3) is 5.59. The van der Waals surface area contributed by atoms with Crippen molar-refractivity contribution in [1.29, 1.82) is 0 Å². The van der Waals surface area contributed by atoms with E-state index in [9.17, 15) is 4.79 Å². The van der Waals surface area contributed by atoms with Gasteiger partial charge in [-0.05, 0) is 24.3 Å². The van der Waals surface area contributed by atoms with Gasteiger partial charge in [-0.15, -0.1) is 0 Å². The lowest BCUT2D eigenvalue weighted by molar-refractivity contribution is -1.02. The Bertz CT molecular complexity index is 882. The summed E-state index contributed by atoms with van der Waals surface area (Å²) in [6.07, 6.45) is 0. The van der Waals surface area contributed by atoms with Crippen molar-refractivity contribution in [2.45, 2.75) is 6.54 Å². The molecule has 0 atom stereocenters. The SMILES string of the molecule is COc1ccccc1NC(=O)C[NH+]1CC[NH+](Cc2ccc(OC)c(OC)c2OC)CC1. The van der Waals surface area contributed by atoms with E-state index >= 15 is 0 Å². The molecule has 0 saturated carbocycles. The van der Waals surface area contributed by atoms with Gasteiger partial charge in [0.05, 0.1) is 39.7 Å². The molecule has 1 fully saturated rings. The quantitative estimate of drug-likeness (QED) is 0.506. The fourth-order valence-electron chi connectivity index (χ4n) is 4.05. The van der Waals surface area contributed by atoms with E-state index in [2.05, 4.69) is 5.32 Å². The van der Waals surface area contributed by atoms with E-state index in [1.54, 1.807) is 28.4 Å². The van der Waals surface area contributed by atoms with Gasteiger partial charge >= 0.3 is 0 Å². The van der Waals surface area contributed by atoms with Gasteiger partial charge in [-0.3, -0.25) is 4.79 Å². The van der Waals surface area contributed by atoms with E-state index in [1.165, 1.54) is 9.80 Å². The lowest BCUT2D eigenvalue weighted by Crippen LogP contribution is -3.28. The number of amides is 1. The second kappa shape index (κ2) is 10.9. The third-order valence-electron chi connectivity index (χ3n) is 5.68. The molecule has 1 saturated heterocycles. The van der Waals surface area contributed by atoms with Gasteiger partial charge in [-0.25, -0.2) is 0 Å². The Morgan fingerprint density at radius 3 is 2.10 bits per heavy atom. The summed E-state index contributed by atoms with van der Waals surface area (Å²) in [5, 5.41) is 2.96. The molecule has 2 aromatic carbocycles. The molecule has 0 aromatic heterocycles. The van der Waals surface area contributed by atoms with E-state index in [0.717, 1.165) is 44.0 Å². The summed E-state index contributed by atoms with van der Waals surface area (Å²) in [5.41, 5.74) is 1.80. The molecule has 0 radical (unpaired) electrons. The predicted octanol–water partition coefficient (Wildman–Crippen LogP) is -0.357. The molecule has 0 aliphatic carbocycles. The van der Waals surface area contributed by atoms with E-state index in [4.69, 9.17) is 18.9 Å². The van der Waals surface area contributed by atoms with E-state index < -0.39 is 0 Å². The highest BCUT2D eigenvalue weighted by Gasteiger charge is 2.27. The fourth-order valence-corrected chi connectivity index (χ4v) is 4.05. The van der Waals surface area contributed by atoms with Crippen LogP contribution in [0.1, 0.15) is 5.56 Å². The van der Waals surface area contributed by atoms with Gasteiger partial charge in [0.15, 0.2) is 18.0 Å². The molecule has 3 rings (SSSR count). The van der Waals surface area contributed by atoms with Crippen LogP contribution in [0.15, 0.2) is 36.4 Å². The largest absolute Gasteiger partial charge is 0.495 e. The van der Waals surface area contributed by atoms with Crippen LogP contribution in [-0.4, -0.2) is 67.1 Å². The fraction of sp³-hybridized carbons (Fsp3) is 0.435. The maximum Gasteiger partial charge on any atom is 0.279 e. The van der Waals surface area contributed by atoms with Gasteiger partial charge in [0.2, 0.25) is 5.75 Å². The Morgan fingerprint density at radius 1 is 0.806 bits per heavy atom. The number of benzene rings is 2. The second-order valence-electron chi connectivity index (χ2n) is 7.60. The molecular formula is C23H33N3O5+2. The summed E-state index contributed by atoms with van der Waals surface area (Å²) in [7, 11) is 6.49. The summed E-state index contributed by atoms with van der Waals surface area (Å²) in [4.78, 5) is 15.2. The van der Waals surface area contributed by atoms with Crippen molar-refractivity contribution >= 4 is 11.6 Å². The zero-order chi connectivity index (χ0) is 22.2. The minimum atomic E-state index is 0.00418. The average Bonchev–Trinajstić information content (AvgIpc) is 2.80. The van der Waals surface area contributed by atoms with Gasteiger partial charge in [0, 0.05) is 0 Å². The molecule has 1 heterocycles. The van der Waals surface area contributed by atoms with Gasteiger partial charge in [0.1, 0.15) is 38.5 Å². The first-order valence-electron chi connectivity index (χ1n) is 10.5. The van der Waals surface area contributed by atoms with Crippen LogP contribution in [0.5, 0.6) is 23.0 Å². The lowest BCUT2D eigenvalue weighted by Gasteiger charge is -2.30. The number of carbonyl (C=O) groups is 1. The average molecular weight is 432 g/mol. The van der Waals surface area contributed by atoms with Crippen molar-refractivity contribution in [2.75, 3.05) is 66.5 Å². The molecule has 0 unspecified atom stereocenters. The zero-order valence-electron chi connectivity index (χ0n) is 18.7. The van der Waals surface area contributed by atoms with Crippen molar-refractivity contribution in [3.8, 4) is 23.0 Å². The van der Waals surface area contributed by atoms with Crippen LogP contribution >= 0.6 is 0 Å². The second-order valence-corrected chi connectivity index (χ2v) is 7.60. The Morgan fingerprint density at radius 2 is 1.45 bits per heavy atom. The number of hydrogen-bond donors (Lipinski definition) is 3. The summed E-state index contributed by atoms with van der Waals surface area (Å²) in [5.74, 6) is 2.68. The molecule has 1 aliphatic rings. The monoisotopic (exact) mass is 431 g/mol. The number of para-hydroxylation sites is 2. The Labute approximate surface area is 183 Å². The summed E-state index contributed by atoms with van der Waals surface area (Å²) < 4.78 is 21.8. The molecular weight excluding hydrogens is 398 g/mol. The minimum absolute atomic E-state index is 0.00418. The number of quaternary nitrogens is 2. The summed E-state index contributed by atoms with van der Waals surface area (Å²) >= 11 is 0. The lowest BCUT2D eigenvalue weighted by atomic mass is 10.1. The smallest absolute Gasteiger partial charge is 0.279 e. The minimum Gasteiger partial charge on any atom is -0.495 e. The predicted molar refractivity (Wildman–Crippen MR) is 118 cm³/mol. The first-order chi connectivity index (χ1) is 15.1. The molecule has 8 nitrogen and oxygen atoms in total. The Hall–Kier alpha value is -2.97. The molecule has 2 aromatic rings. The first-order valence-corrected chi connectivity index (χ1v) is 10.5. The molecule has 31 heavy (non-hydrogen) atoms. The Kier molecular flexibility index (Phi) is 7.97. The van der Waals surface area contributed by atoms with E-state index in [0.29, 0.717) is 29.5 Å². The number of hydrogen-bond acceptors (Lipinski definition) is 5. The van der Waals surface area contributed by atoms with Gasteiger partial charge < -0.3 is 34.1 Å². The van der Waals surface area contributed by atoms with Crippen molar-refractivity contribution in [3.05, 3.63) is 42.0 Å². The zero-order valence-corrected chi connectivity index (χ0v) is 18.7. The van der Waals surface area contributed by atoms with Crippen LogP contribution in [0.4, 0.5) is 5.69 Å². The number of methoxy groups -OCH3 is 4. The molecule has 8 heteroatoms. The van der Waals surface area contributed by atoms with E-state index in [-0.39, 0.29) is 5.91 Å². The molecule has 168 valence electrons. The third-order valence-corrected chi connectivity index (χ3v) is 5.68. The number of carbonyl (C=O) groups excluding carboxylic acids is 1. The summed E-state index contributed by atoms with van der Waals surface area (Å²) in [6.45, 7) is 5.12. The highest BCUT2D eigenvalue weighted by molar-refractivity contribution is 5.92. The number of nitrogens with one attached hydrogen (secondary N) is 3.